The molecule has 0 aliphatic carbocycles. The molecule has 1 saturated heterocycles. The highest BCUT2D eigenvalue weighted by atomic mass is 16.4. The van der Waals surface area contributed by atoms with Gasteiger partial charge in [-0.1, -0.05) is 52.4 Å². The van der Waals surface area contributed by atoms with Crippen LogP contribution in [-0.4, -0.2) is 34.6 Å². The highest BCUT2D eigenvalue weighted by Crippen LogP contribution is 2.34. The van der Waals surface area contributed by atoms with E-state index >= 15 is 0 Å². The van der Waals surface area contributed by atoms with Crippen molar-refractivity contribution < 1.29 is 9.90 Å². The topological polar surface area (TPSA) is 40.5 Å². The van der Waals surface area contributed by atoms with Gasteiger partial charge < -0.3 is 5.11 Å². The smallest absolute Gasteiger partial charge is 0.309 e. The molecule has 1 aliphatic heterocycles. The summed E-state index contributed by atoms with van der Waals surface area (Å²) in [5.41, 5.74) is 0.232. The second-order valence-corrected chi connectivity index (χ2v) is 6.35. The van der Waals surface area contributed by atoms with E-state index in [0.29, 0.717) is 0 Å². The number of hydrogen-bond acceptors (Lipinski definition) is 2. The number of unbranched alkanes of at least 4 members (excludes halogenated alkanes) is 4. The van der Waals surface area contributed by atoms with E-state index in [1.165, 1.54) is 51.4 Å². The quantitative estimate of drug-likeness (QED) is 0.611. The summed E-state index contributed by atoms with van der Waals surface area (Å²) in [6, 6.07) is 0. The van der Waals surface area contributed by atoms with Crippen LogP contribution in [0.15, 0.2) is 0 Å². The van der Waals surface area contributed by atoms with Gasteiger partial charge in [-0.25, -0.2) is 0 Å². The van der Waals surface area contributed by atoms with E-state index in [0.717, 1.165) is 13.1 Å². The van der Waals surface area contributed by atoms with Gasteiger partial charge in [-0.3, -0.25) is 9.69 Å². The predicted molar refractivity (Wildman–Crippen MR) is 79.4 cm³/mol. The predicted octanol–water partition coefficient (Wildman–Crippen LogP) is 3.92. The summed E-state index contributed by atoms with van der Waals surface area (Å²) in [6.45, 7) is 8.32. The Morgan fingerprint density at radius 2 is 1.68 bits per heavy atom. The Balaban J connectivity index is 2.43. The third-order valence-electron chi connectivity index (χ3n) is 4.63. The van der Waals surface area contributed by atoms with Gasteiger partial charge >= 0.3 is 5.97 Å². The van der Waals surface area contributed by atoms with Crippen LogP contribution in [0.25, 0.3) is 0 Å². The summed E-state index contributed by atoms with van der Waals surface area (Å²) in [5, 5.41) is 9.01. The summed E-state index contributed by atoms with van der Waals surface area (Å²) >= 11 is 0. The van der Waals surface area contributed by atoms with Crippen LogP contribution in [0.4, 0.5) is 0 Å². The SMILES string of the molecule is CCCCCCC(C)(CCCC)N1CC(C(=O)O)C1. The van der Waals surface area contributed by atoms with Gasteiger partial charge in [0.25, 0.3) is 0 Å². The van der Waals surface area contributed by atoms with Gasteiger partial charge in [0.2, 0.25) is 0 Å². The fourth-order valence-electron chi connectivity index (χ4n) is 3.01. The van der Waals surface area contributed by atoms with E-state index in [-0.39, 0.29) is 11.5 Å². The average molecular weight is 269 g/mol. The number of carbonyl (C=O) groups is 1. The first-order valence-electron chi connectivity index (χ1n) is 8.01. The first kappa shape index (κ1) is 16.5. The highest BCUT2D eigenvalue weighted by molar-refractivity contribution is 5.71. The van der Waals surface area contributed by atoms with E-state index in [4.69, 9.17) is 5.11 Å². The summed E-state index contributed by atoms with van der Waals surface area (Å²) in [6.07, 6.45) is 10.1. The van der Waals surface area contributed by atoms with E-state index in [1.54, 1.807) is 0 Å². The Hall–Kier alpha value is -0.570. The zero-order chi connectivity index (χ0) is 14.3. The molecule has 0 saturated carbocycles. The number of rotatable bonds is 10. The Kier molecular flexibility index (Phi) is 6.84. The lowest BCUT2D eigenvalue weighted by Gasteiger charge is -2.50. The summed E-state index contributed by atoms with van der Waals surface area (Å²) in [5.74, 6) is -0.753. The molecular weight excluding hydrogens is 238 g/mol. The standard InChI is InChI=1S/C16H31NO2/c1-4-6-8-9-11-16(3,10-7-5-2)17-12-14(13-17)15(18)19/h14H,4-13H2,1-3H3,(H,18,19). The molecule has 0 aromatic heterocycles. The number of carboxylic acid groups (broad SMARTS) is 1. The molecule has 1 fully saturated rings. The Morgan fingerprint density at radius 3 is 2.21 bits per heavy atom. The van der Waals surface area contributed by atoms with Crippen molar-refractivity contribution in [2.75, 3.05) is 13.1 Å². The van der Waals surface area contributed by atoms with Crippen molar-refractivity contribution >= 4 is 5.97 Å². The lowest BCUT2D eigenvalue weighted by Crippen LogP contribution is -2.60. The molecule has 1 N–H and O–H groups in total. The molecule has 0 aromatic carbocycles. The number of likely N-dealkylation sites (tertiary alicyclic amines) is 1. The molecule has 112 valence electrons. The normalized spacial score (nSPS) is 19.9. The monoisotopic (exact) mass is 269 g/mol. The van der Waals surface area contributed by atoms with Crippen molar-refractivity contribution in [3.05, 3.63) is 0 Å². The molecule has 0 bridgehead atoms. The summed E-state index contributed by atoms with van der Waals surface area (Å²) in [7, 11) is 0. The van der Waals surface area contributed by atoms with Gasteiger partial charge in [-0.2, -0.15) is 0 Å². The van der Waals surface area contributed by atoms with Crippen LogP contribution in [0.3, 0.4) is 0 Å². The van der Waals surface area contributed by atoms with Gasteiger partial charge in [0.1, 0.15) is 0 Å². The number of hydrogen-bond donors (Lipinski definition) is 1. The molecule has 1 atom stereocenters. The van der Waals surface area contributed by atoms with Gasteiger partial charge in [0.05, 0.1) is 5.92 Å². The van der Waals surface area contributed by atoms with Crippen LogP contribution in [0.1, 0.15) is 72.1 Å². The van der Waals surface area contributed by atoms with E-state index in [2.05, 4.69) is 25.7 Å². The molecule has 1 rings (SSSR count). The zero-order valence-corrected chi connectivity index (χ0v) is 13.0. The molecular formula is C16H31NO2. The molecule has 0 amide bonds. The van der Waals surface area contributed by atoms with Gasteiger partial charge in [0.15, 0.2) is 0 Å². The second kappa shape index (κ2) is 7.88. The van der Waals surface area contributed by atoms with Crippen LogP contribution in [0.2, 0.25) is 0 Å². The van der Waals surface area contributed by atoms with E-state index in [1.807, 2.05) is 0 Å². The van der Waals surface area contributed by atoms with Crippen molar-refractivity contribution in [2.24, 2.45) is 5.92 Å². The van der Waals surface area contributed by atoms with E-state index < -0.39 is 5.97 Å². The van der Waals surface area contributed by atoms with Crippen LogP contribution in [0, 0.1) is 5.92 Å². The first-order chi connectivity index (χ1) is 9.03. The van der Waals surface area contributed by atoms with Crippen molar-refractivity contribution in [3.63, 3.8) is 0 Å². The summed E-state index contributed by atoms with van der Waals surface area (Å²) in [4.78, 5) is 13.4. The summed E-state index contributed by atoms with van der Waals surface area (Å²) < 4.78 is 0. The fourth-order valence-corrected chi connectivity index (χ4v) is 3.01. The maximum atomic E-state index is 10.9. The lowest BCUT2D eigenvalue weighted by atomic mass is 9.82. The van der Waals surface area contributed by atoms with Gasteiger partial charge in [0, 0.05) is 18.6 Å². The molecule has 0 aromatic rings. The first-order valence-corrected chi connectivity index (χ1v) is 8.01. The van der Waals surface area contributed by atoms with Crippen molar-refractivity contribution in [1.29, 1.82) is 0 Å². The maximum absolute atomic E-state index is 10.9. The maximum Gasteiger partial charge on any atom is 0.309 e. The minimum Gasteiger partial charge on any atom is -0.481 e. The van der Waals surface area contributed by atoms with Crippen LogP contribution >= 0.6 is 0 Å². The molecule has 3 nitrogen and oxygen atoms in total. The molecule has 0 spiro atoms. The fraction of sp³-hybridized carbons (Fsp3) is 0.938. The molecule has 1 heterocycles. The number of aliphatic carboxylic acids is 1. The molecule has 19 heavy (non-hydrogen) atoms. The van der Waals surface area contributed by atoms with Crippen molar-refractivity contribution in [1.82, 2.24) is 4.90 Å². The van der Waals surface area contributed by atoms with E-state index in [9.17, 15) is 4.79 Å². The Morgan fingerprint density at radius 1 is 1.11 bits per heavy atom. The highest BCUT2D eigenvalue weighted by Gasteiger charge is 2.42. The Labute approximate surface area is 118 Å². The van der Waals surface area contributed by atoms with Gasteiger partial charge in [-0.05, 0) is 19.8 Å². The zero-order valence-electron chi connectivity index (χ0n) is 13.0. The van der Waals surface area contributed by atoms with Crippen LogP contribution in [0.5, 0.6) is 0 Å². The lowest BCUT2D eigenvalue weighted by molar-refractivity contribution is -0.151. The molecule has 3 heteroatoms. The third kappa shape index (κ3) is 4.79. The average Bonchev–Trinajstić information content (AvgIpc) is 2.30. The largest absolute Gasteiger partial charge is 0.481 e. The van der Waals surface area contributed by atoms with Crippen molar-refractivity contribution in [2.45, 2.75) is 77.7 Å². The Bertz CT molecular complexity index is 274. The minimum absolute atomic E-state index is 0.128. The van der Waals surface area contributed by atoms with Crippen molar-refractivity contribution in [3.8, 4) is 0 Å². The minimum atomic E-state index is -0.625. The number of nitrogens with zero attached hydrogens (tertiary/aromatic N) is 1. The number of carboxylic acids is 1. The van der Waals surface area contributed by atoms with Gasteiger partial charge in [-0.15, -0.1) is 0 Å². The third-order valence-corrected chi connectivity index (χ3v) is 4.63. The van der Waals surface area contributed by atoms with Crippen LogP contribution < -0.4 is 0 Å². The molecule has 0 radical (unpaired) electrons. The molecule has 1 unspecified atom stereocenters. The second-order valence-electron chi connectivity index (χ2n) is 6.35. The molecule has 1 aliphatic rings. The van der Waals surface area contributed by atoms with Crippen LogP contribution in [-0.2, 0) is 4.79 Å².